The van der Waals surface area contributed by atoms with E-state index in [1.165, 1.54) is 6.07 Å². The Morgan fingerprint density at radius 1 is 1.06 bits per heavy atom. The zero-order valence-electron chi connectivity index (χ0n) is 17.3. The van der Waals surface area contributed by atoms with Crippen LogP contribution in [-0.4, -0.2) is 32.8 Å². The average Bonchev–Trinajstić information content (AvgIpc) is 2.83. The molecule has 1 heterocycles. The van der Waals surface area contributed by atoms with Crippen LogP contribution >= 0.6 is 0 Å². The molecule has 1 aromatic heterocycles. The summed E-state index contributed by atoms with van der Waals surface area (Å²) in [6, 6.07) is 21.1. The predicted molar refractivity (Wildman–Crippen MR) is 125 cm³/mol. The number of aromatic nitrogens is 1. The van der Waals surface area contributed by atoms with Crippen LogP contribution in [0.3, 0.4) is 0 Å². The van der Waals surface area contributed by atoms with Gasteiger partial charge in [-0.25, -0.2) is 12.9 Å². The highest BCUT2D eigenvalue weighted by molar-refractivity contribution is 7.81. The number of hydrogen-bond acceptors (Lipinski definition) is 4. The van der Waals surface area contributed by atoms with Crippen molar-refractivity contribution in [1.82, 2.24) is 10.3 Å². The number of ether oxygens (including phenoxy) is 1. The van der Waals surface area contributed by atoms with Gasteiger partial charge in [0.1, 0.15) is 18.2 Å². The second-order valence-corrected chi connectivity index (χ2v) is 7.81. The lowest BCUT2D eigenvalue weighted by Gasteiger charge is -2.23. The first-order valence-electron chi connectivity index (χ1n) is 10.0. The molecule has 1 amide bonds. The lowest BCUT2D eigenvalue weighted by atomic mass is 10.1. The highest BCUT2D eigenvalue weighted by Crippen LogP contribution is 2.32. The summed E-state index contributed by atoms with van der Waals surface area (Å²) in [6.07, 6.45) is 1.65. The standard InChI is InChI=1S/C24H20FN3O4S/c25-18-8-11-23(21(16-18)24(29)27-13-14-32-20-6-2-1-3-7-20)28(33(30)31)19-9-10-22-17(15-19)5-4-12-26-22/h1-12,15-16H,13-14H2,(H,27,29)(H,30,31). The maximum Gasteiger partial charge on any atom is 0.266 e. The van der Waals surface area contributed by atoms with Gasteiger partial charge in [-0.2, -0.15) is 0 Å². The van der Waals surface area contributed by atoms with Crippen molar-refractivity contribution >= 4 is 39.5 Å². The molecule has 9 heteroatoms. The second-order valence-electron chi connectivity index (χ2n) is 6.98. The van der Waals surface area contributed by atoms with Gasteiger partial charge in [-0.1, -0.05) is 24.3 Å². The molecule has 0 aliphatic heterocycles. The Labute approximate surface area is 192 Å². The number of para-hydroxylation sites is 1. The van der Waals surface area contributed by atoms with Crippen LogP contribution in [0.25, 0.3) is 10.9 Å². The molecule has 1 atom stereocenters. The van der Waals surface area contributed by atoms with Gasteiger partial charge in [0, 0.05) is 11.6 Å². The predicted octanol–water partition coefficient (Wildman–Crippen LogP) is 4.46. The van der Waals surface area contributed by atoms with E-state index in [1.807, 2.05) is 24.3 Å². The summed E-state index contributed by atoms with van der Waals surface area (Å²) in [7, 11) is 0. The van der Waals surface area contributed by atoms with Crippen molar-refractivity contribution in [3.05, 3.63) is 96.4 Å². The SMILES string of the molecule is O=C(NCCOc1ccccc1)c1cc(F)ccc1N(c1ccc2ncccc2c1)S(=O)O. The Balaban J connectivity index is 1.58. The van der Waals surface area contributed by atoms with Gasteiger partial charge >= 0.3 is 0 Å². The van der Waals surface area contributed by atoms with Crippen LogP contribution < -0.4 is 14.4 Å². The fourth-order valence-electron chi connectivity index (χ4n) is 3.32. The first-order valence-corrected chi connectivity index (χ1v) is 11.1. The number of nitrogens with zero attached hydrogens (tertiary/aromatic N) is 2. The number of pyridine rings is 1. The number of carbonyl (C=O) groups excluding carboxylic acids is 1. The molecule has 7 nitrogen and oxygen atoms in total. The van der Waals surface area contributed by atoms with Crippen LogP contribution in [0.2, 0.25) is 0 Å². The molecule has 0 fully saturated rings. The average molecular weight is 466 g/mol. The zero-order chi connectivity index (χ0) is 23.2. The summed E-state index contributed by atoms with van der Waals surface area (Å²) in [5, 5.41) is 3.41. The monoisotopic (exact) mass is 465 g/mol. The molecule has 0 saturated carbocycles. The van der Waals surface area contributed by atoms with Gasteiger partial charge < -0.3 is 10.1 Å². The van der Waals surface area contributed by atoms with Crippen LogP contribution in [0.1, 0.15) is 10.4 Å². The van der Waals surface area contributed by atoms with Gasteiger partial charge in [-0.3, -0.25) is 14.3 Å². The molecule has 4 aromatic rings. The van der Waals surface area contributed by atoms with Gasteiger partial charge in [0.15, 0.2) is 0 Å². The Bertz CT molecular complexity index is 1300. The summed E-state index contributed by atoms with van der Waals surface area (Å²) >= 11 is -2.53. The minimum atomic E-state index is -2.53. The van der Waals surface area contributed by atoms with Crippen molar-refractivity contribution in [2.45, 2.75) is 0 Å². The number of benzene rings is 3. The number of halogens is 1. The third kappa shape index (κ3) is 5.33. The maximum absolute atomic E-state index is 14.0. The van der Waals surface area contributed by atoms with Gasteiger partial charge in [0.2, 0.25) is 0 Å². The highest BCUT2D eigenvalue weighted by Gasteiger charge is 2.23. The molecule has 168 valence electrons. The zero-order valence-corrected chi connectivity index (χ0v) is 18.2. The number of hydrogen-bond donors (Lipinski definition) is 2. The quantitative estimate of drug-likeness (QED) is 0.296. The number of amides is 1. The minimum absolute atomic E-state index is 0.0802. The lowest BCUT2D eigenvalue weighted by molar-refractivity contribution is 0.0947. The number of nitrogens with one attached hydrogen (secondary N) is 1. The summed E-state index contributed by atoms with van der Waals surface area (Å²) in [5.74, 6) is -0.583. The number of carbonyl (C=O) groups is 1. The number of fused-ring (bicyclic) bond motifs is 1. The molecule has 0 bridgehead atoms. The molecule has 2 N–H and O–H groups in total. The van der Waals surface area contributed by atoms with E-state index >= 15 is 0 Å². The van der Waals surface area contributed by atoms with E-state index in [9.17, 15) is 17.9 Å². The molecule has 0 aliphatic carbocycles. The van der Waals surface area contributed by atoms with Crippen LogP contribution in [0.15, 0.2) is 85.1 Å². The van der Waals surface area contributed by atoms with Crippen molar-refractivity contribution in [2.24, 2.45) is 0 Å². The van der Waals surface area contributed by atoms with E-state index in [4.69, 9.17) is 4.74 Å². The fourth-order valence-corrected chi connectivity index (χ4v) is 3.94. The maximum atomic E-state index is 14.0. The Kier molecular flexibility index (Phi) is 6.92. The first-order chi connectivity index (χ1) is 16.0. The first kappa shape index (κ1) is 22.4. The minimum Gasteiger partial charge on any atom is -0.492 e. The van der Waals surface area contributed by atoms with Crippen LogP contribution in [0.5, 0.6) is 5.75 Å². The molecule has 33 heavy (non-hydrogen) atoms. The van der Waals surface area contributed by atoms with Gasteiger partial charge in [-0.15, -0.1) is 0 Å². The third-order valence-electron chi connectivity index (χ3n) is 4.80. The summed E-state index contributed by atoms with van der Waals surface area (Å²) in [6.45, 7) is 0.362. The van der Waals surface area contributed by atoms with Crippen LogP contribution in [-0.2, 0) is 11.3 Å². The molecule has 1 unspecified atom stereocenters. The Morgan fingerprint density at radius 2 is 1.88 bits per heavy atom. The fraction of sp³-hybridized carbons (Fsp3) is 0.0833. The van der Waals surface area contributed by atoms with Crippen molar-refractivity contribution in [3.63, 3.8) is 0 Å². The van der Waals surface area contributed by atoms with E-state index in [-0.39, 0.29) is 24.4 Å². The van der Waals surface area contributed by atoms with E-state index in [0.29, 0.717) is 17.0 Å². The number of anilines is 2. The van der Waals surface area contributed by atoms with E-state index in [2.05, 4.69) is 10.3 Å². The van der Waals surface area contributed by atoms with Crippen LogP contribution in [0.4, 0.5) is 15.8 Å². The van der Waals surface area contributed by atoms with Crippen molar-refractivity contribution in [2.75, 3.05) is 17.5 Å². The smallest absolute Gasteiger partial charge is 0.266 e. The summed E-state index contributed by atoms with van der Waals surface area (Å²) in [4.78, 5) is 17.1. The van der Waals surface area contributed by atoms with Crippen molar-refractivity contribution in [1.29, 1.82) is 0 Å². The van der Waals surface area contributed by atoms with E-state index in [1.54, 1.807) is 42.6 Å². The molecule has 0 spiro atoms. The topological polar surface area (TPSA) is 91.8 Å². The summed E-state index contributed by atoms with van der Waals surface area (Å²) in [5.41, 5.74) is 1.06. The van der Waals surface area contributed by atoms with Crippen molar-refractivity contribution in [3.8, 4) is 5.75 Å². The normalized spacial score (nSPS) is 11.7. The van der Waals surface area contributed by atoms with Crippen LogP contribution in [0, 0.1) is 5.82 Å². The summed E-state index contributed by atoms with van der Waals surface area (Å²) < 4.78 is 43.0. The molecule has 0 radical (unpaired) electrons. The van der Waals surface area contributed by atoms with Gasteiger partial charge in [0.25, 0.3) is 17.2 Å². The molecular formula is C24H20FN3O4S. The van der Waals surface area contributed by atoms with Crippen molar-refractivity contribution < 1.29 is 22.7 Å². The largest absolute Gasteiger partial charge is 0.492 e. The van der Waals surface area contributed by atoms with E-state index < -0.39 is 23.0 Å². The third-order valence-corrected chi connectivity index (χ3v) is 5.52. The lowest BCUT2D eigenvalue weighted by Crippen LogP contribution is -2.30. The van der Waals surface area contributed by atoms with Gasteiger partial charge in [0.05, 0.1) is 29.0 Å². The number of rotatable bonds is 8. The molecule has 4 rings (SSSR count). The highest BCUT2D eigenvalue weighted by atomic mass is 32.2. The molecule has 3 aromatic carbocycles. The Morgan fingerprint density at radius 3 is 2.67 bits per heavy atom. The van der Waals surface area contributed by atoms with E-state index in [0.717, 1.165) is 21.8 Å². The Hall–Kier alpha value is -3.82. The second kappa shape index (κ2) is 10.2. The molecule has 0 saturated heterocycles. The molecular weight excluding hydrogens is 445 g/mol. The molecule has 0 aliphatic rings. The van der Waals surface area contributed by atoms with Gasteiger partial charge in [-0.05, 0) is 54.6 Å².